The van der Waals surface area contributed by atoms with Gasteiger partial charge in [0.25, 0.3) is 0 Å². The average molecular weight is 445 g/mol. The Bertz CT molecular complexity index is 1170. The molecule has 2 aliphatic heterocycles. The van der Waals surface area contributed by atoms with E-state index in [1.807, 2.05) is 30.5 Å². The van der Waals surface area contributed by atoms with Gasteiger partial charge in [0.2, 0.25) is 0 Å². The molecule has 1 aromatic carbocycles. The first kappa shape index (κ1) is 20.8. The van der Waals surface area contributed by atoms with Crippen molar-refractivity contribution in [1.82, 2.24) is 15.2 Å². The number of likely N-dealkylation sites (N-methyl/N-ethyl adjacent to an activating group) is 1. The van der Waals surface area contributed by atoms with E-state index in [-0.39, 0.29) is 17.6 Å². The van der Waals surface area contributed by atoms with Crippen LogP contribution in [0.5, 0.6) is 0 Å². The van der Waals surface area contributed by atoms with Crippen LogP contribution in [-0.2, 0) is 6.54 Å². The van der Waals surface area contributed by atoms with Crippen LogP contribution in [0.4, 0.5) is 5.69 Å². The van der Waals surface area contributed by atoms with Crippen molar-refractivity contribution in [2.75, 3.05) is 11.9 Å². The van der Waals surface area contributed by atoms with E-state index in [2.05, 4.69) is 78.3 Å². The van der Waals surface area contributed by atoms with Crippen LogP contribution in [0, 0.1) is 0 Å². The summed E-state index contributed by atoms with van der Waals surface area (Å²) in [5.41, 5.74) is 5.98. The third-order valence-electron chi connectivity index (χ3n) is 6.69. The average Bonchev–Trinajstić information content (AvgIpc) is 3.41. The molecule has 1 fully saturated rings. The van der Waals surface area contributed by atoms with Crippen LogP contribution in [0.1, 0.15) is 55.4 Å². The third-order valence-corrected chi connectivity index (χ3v) is 7.04. The van der Waals surface area contributed by atoms with Crippen LogP contribution in [0.25, 0.3) is 5.57 Å². The molecule has 0 aliphatic carbocycles. The van der Waals surface area contributed by atoms with Gasteiger partial charge in [0.1, 0.15) is 5.76 Å². The van der Waals surface area contributed by atoms with Gasteiger partial charge in [0.05, 0.1) is 36.1 Å². The standard InChI is InChI=1S/C26H28N4OS/c1-17-15-26(2,3)29(4)22-11-10-18(14-20(17)22)24-23(21-9-5-6-12-27-21)28-25(32)30(24)16-19-8-7-13-31-19/h5-15,23-24H,16H2,1-4H3,(H,28,32)/t23-,24+/m0/s1. The van der Waals surface area contributed by atoms with Gasteiger partial charge in [0.15, 0.2) is 5.11 Å². The van der Waals surface area contributed by atoms with Gasteiger partial charge in [-0.1, -0.05) is 18.2 Å². The van der Waals surface area contributed by atoms with Crippen LogP contribution in [0.15, 0.2) is 71.5 Å². The van der Waals surface area contributed by atoms with Gasteiger partial charge < -0.3 is 19.5 Å². The molecule has 3 aromatic rings. The Morgan fingerprint density at radius 1 is 1.16 bits per heavy atom. The SMILES string of the molecule is CC1=CC(C)(C)N(C)c2ccc([C@@H]3[C@H](c4ccccn4)NC(=S)N3Cc3ccco3)cc21. The molecule has 2 aliphatic rings. The second-order valence-electron chi connectivity index (χ2n) is 9.15. The molecular weight excluding hydrogens is 416 g/mol. The number of thiocarbonyl (C=S) groups is 1. The highest BCUT2D eigenvalue weighted by Gasteiger charge is 2.40. The minimum atomic E-state index is -0.0428. The zero-order chi connectivity index (χ0) is 22.5. The maximum Gasteiger partial charge on any atom is 0.170 e. The van der Waals surface area contributed by atoms with Gasteiger partial charge in [-0.15, -0.1) is 0 Å². The van der Waals surface area contributed by atoms with Crippen LogP contribution >= 0.6 is 12.2 Å². The van der Waals surface area contributed by atoms with E-state index >= 15 is 0 Å². The Morgan fingerprint density at radius 2 is 2.00 bits per heavy atom. The molecule has 0 amide bonds. The smallest absolute Gasteiger partial charge is 0.170 e. The number of pyridine rings is 1. The Morgan fingerprint density at radius 3 is 2.72 bits per heavy atom. The quantitative estimate of drug-likeness (QED) is 0.538. The lowest BCUT2D eigenvalue weighted by Crippen LogP contribution is -2.42. The van der Waals surface area contributed by atoms with Gasteiger partial charge in [0, 0.05) is 24.5 Å². The summed E-state index contributed by atoms with van der Waals surface area (Å²) >= 11 is 5.79. The van der Waals surface area contributed by atoms with Gasteiger partial charge in [-0.25, -0.2) is 0 Å². The van der Waals surface area contributed by atoms with Gasteiger partial charge in [-0.2, -0.15) is 0 Å². The summed E-state index contributed by atoms with van der Waals surface area (Å²) in [7, 11) is 2.16. The number of rotatable bonds is 4. The Labute approximate surface area is 194 Å². The maximum atomic E-state index is 5.79. The molecule has 0 unspecified atom stereocenters. The number of benzene rings is 1. The van der Waals surface area contributed by atoms with Crippen LogP contribution in [0.2, 0.25) is 0 Å². The largest absolute Gasteiger partial charge is 0.467 e. The molecule has 1 N–H and O–H groups in total. The summed E-state index contributed by atoms with van der Waals surface area (Å²) in [4.78, 5) is 9.20. The highest BCUT2D eigenvalue weighted by Crippen LogP contribution is 2.44. The highest BCUT2D eigenvalue weighted by molar-refractivity contribution is 7.80. The van der Waals surface area contributed by atoms with E-state index in [1.165, 1.54) is 22.4 Å². The fraction of sp³-hybridized carbons (Fsp3) is 0.308. The molecular formula is C26H28N4OS. The maximum absolute atomic E-state index is 5.79. The summed E-state index contributed by atoms with van der Waals surface area (Å²) in [6, 6.07) is 16.7. The highest BCUT2D eigenvalue weighted by atomic mass is 32.1. The molecule has 0 radical (unpaired) electrons. The monoisotopic (exact) mass is 444 g/mol. The lowest BCUT2D eigenvalue weighted by Gasteiger charge is -2.41. The van der Waals surface area contributed by atoms with Crippen molar-refractivity contribution < 1.29 is 4.42 Å². The molecule has 0 spiro atoms. The predicted octanol–water partition coefficient (Wildman–Crippen LogP) is 5.48. The minimum absolute atomic E-state index is 0.000780. The Hall–Kier alpha value is -3.12. The summed E-state index contributed by atoms with van der Waals surface area (Å²) in [5, 5.41) is 4.24. The molecule has 32 heavy (non-hydrogen) atoms. The fourth-order valence-electron chi connectivity index (χ4n) is 4.87. The topological polar surface area (TPSA) is 44.5 Å². The Kier molecular flexibility index (Phi) is 5.05. The number of nitrogens with one attached hydrogen (secondary N) is 1. The lowest BCUT2D eigenvalue weighted by atomic mass is 9.86. The lowest BCUT2D eigenvalue weighted by molar-refractivity contribution is 0.287. The van der Waals surface area contributed by atoms with Gasteiger partial charge in [-0.3, -0.25) is 4.98 Å². The third kappa shape index (κ3) is 3.48. The number of nitrogens with zero attached hydrogens (tertiary/aromatic N) is 3. The minimum Gasteiger partial charge on any atom is -0.467 e. The van der Waals surface area contributed by atoms with E-state index < -0.39 is 0 Å². The van der Waals surface area contributed by atoms with Gasteiger partial charge >= 0.3 is 0 Å². The van der Waals surface area contributed by atoms with E-state index in [0.29, 0.717) is 11.7 Å². The molecule has 0 saturated carbocycles. The van der Waals surface area contributed by atoms with Crippen molar-refractivity contribution in [3.63, 3.8) is 0 Å². The molecule has 5 nitrogen and oxygen atoms in total. The molecule has 2 aromatic heterocycles. The van der Waals surface area contributed by atoms with Gasteiger partial charge in [-0.05, 0) is 80.5 Å². The van der Waals surface area contributed by atoms with E-state index in [0.717, 1.165) is 11.5 Å². The molecule has 2 atom stereocenters. The van der Waals surface area contributed by atoms with Crippen molar-refractivity contribution in [1.29, 1.82) is 0 Å². The number of fused-ring (bicyclic) bond motifs is 1. The number of anilines is 1. The van der Waals surface area contributed by atoms with Crippen molar-refractivity contribution in [2.24, 2.45) is 0 Å². The van der Waals surface area contributed by atoms with E-state index in [1.54, 1.807) is 6.26 Å². The first-order valence-corrected chi connectivity index (χ1v) is 11.3. The predicted molar refractivity (Wildman–Crippen MR) is 132 cm³/mol. The Balaban J connectivity index is 1.60. The number of hydrogen-bond donors (Lipinski definition) is 1. The first-order chi connectivity index (χ1) is 15.3. The molecule has 6 heteroatoms. The van der Waals surface area contributed by atoms with Crippen molar-refractivity contribution in [2.45, 2.75) is 44.9 Å². The number of furan rings is 1. The number of allylic oxidation sites excluding steroid dienone is 1. The molecule has 0 bridgehead atoms. The van der Waals surface area contributed by atoms with Crippen molar-refractivity contribution in [3.05, 3.63) is 89.6 Å². The summed E-state index contributed by atoms with van der Waals surface area (Å²) in [6.45, 7) is 7.29. The number of hydrogen-bond acceptors (Lipinski definition) is 4. The molecule has 164 valence electrons. The van der Waals surface area contributed by atoms with E-state index in [4.69, 9.17) is 16.6 Å². The molecule has 1 saturated heterocycles. The summed E-state index contributed by atoms with van der Waals surface area (Å²) in [6.07, 6.45) is 5.88. The summed E-state index contributed by atoms with van der Waals surface area (Å²) < 4.78 is 5.65. The molecule has 4 heterocycles. The second-order valence-corrected chi connectivity index (χ2v) is 9.54. The fourth-order valence-corrected chi connectivity index (χ4v) is 5.18. The van der Waals surface area contributed by atoms with Crippen molar-refractivity contribution >= 4 is 28.6 Å². The zero-order valence-electron chi connectivity index (χ0n) is 18.9. The van der Waals surface area contributed by atoms with E-state index in [9.17, 15) is 0 Å². The zero-order valence-corrected chi connectivity index (χ0v) is 19.7. The summed E-state index contributed by atoms with van der Waals surface area (Å²) in [5.74, 6) is 0.886. The van der Waals surface area contributed by atoms with Crippen LogP contribution < -0.4 is 10.2 Å². The van der Waals surface area contributed by atoms with Crippen LogP contribution in [-0.4, -0.2) is 27.6 Å². The molecule has 5 rings (SSSR count). The van der Waals surface area contributed by atoms with Crippen molar-refractivity contribution in [3.8, 4) is 0 Å². The normalized spacial score (nSPS) is 21.9. The first-order valence-electron chi connectivity index (χ1n) is 10.9. The van der Waals surface area contributed by atoms with Crippen LogP contribution in [0.3, 0.4) is 0 Å². The second kappa shape index (κ2) is 7.78. The number of aromatic nitrogens is 1.